The number of methoxy groups -OCH3 is 1. The van der Waals surface area contributed by atoms with E-state index in [2.05, 4.69) is 0 Å². The van der Waals surface area contributed by atoms with Gasteiger partial charge in [-0.2, -0.15) is 0 Å². The van der Waals surface area contributed by atoms with Crippen LogP contribution in [0.2, 0.25) is 0 Å². The van der Waals surface area contributed by atoms with E-state index in [-0.39, 0.29) is 23.9 Å². The smallest absolute Gasteiger partial charge is 0.335 e. The zero-order valence-corrected chi connectivity index (χ0v) is 19.2. The van der Waals surface area contributed by atoms with Gasteiger partial charge < -0.3 is 19.5 Å². The first-order chi connectivity index (χ1) is 15.8. The number of aromatic carboxylic acids is 1. The second-order valence-electron chi connectivity index (χ2n) is 7.22. The number of ether oxygens (including phenoxy) is 2. The fraction of sp³-hybridized carbons (Fsp3) is 0.160. The van der Waals surface area contributed by atoms with Gasteiger partial charge in [-0.3, -0.25) is 9.59 Å². The van der Waals surface area contributed by atoms with Crippen LogP contribution < -0.4 is 9.47 Å². The van der Waals surface area contributed by atoms with Gasteiger partial charge in [-0.15, -0.1) is 11.3 Å². The molecule has 0 saturated heterocycles. The van der Waals surface area contributed by atoms with Crippen molar-refractivity contribution in [1.82, 2.24) is 4.90 Å². The highest BCUT2D eigenvalue weighted by Crippen LogP contribution is 2.38. The summed E-state index contributed by atoms with van der Waals surface area (Å²) in [6.07, 6.45) is 3.00. The van der Waals surface area contributed by atoms with Gasteiger partial charge in [0.1, 0.15) is 11.5 Å². The zero-order chi connectivity index (χ0) is 24.0. The SMILES string of the molecule is COc1cc(OCC(=O)N(C)C)c(/C=C/C(=O)c2ccc(C(=O)O)cc2)cc1-c1cccs1. The van der Waals surface area contributed by atoms with E-state index < -0.39 is 5.97 Å². The number of rotatable bonds is 9. The Morgan fingerprint density at radius 1 is 1.03 bits per heavy atom. The molecule has 3 rings (SSSR count). The van der Waals surface area contributed by atoms with E-state index in [9.17, 15) is 14.4 Å². The molecule has 0 spiro atoms. The standard InChI is InChI=1S/C25H23NO6S/c1-26(2)24(28)15-32-21-14-22(31-3)19(23-5-4-12-33-23)13-18(21)10-11-20(27)16-6-8-17(9-7-16)25(29)30/h4-14H,15H2,1-3H3,(H,29,30)/b11-10+. The van der Waals surface area contributed by atoms with Gasteiger partial charge >= 0.3 is 5.97 Å². The molecule has 7 nitrogen and oxygen atoms in total. The minimum Gasteiger partial charge on any atom is -0.496 e. The lowest BCUT2D eigenvalue weighted by Crippen LogP contribution is -2.27. The molecule has 0 aliphatic rings. The summed E-state index contributed by atoms with van der Waals surface area (Å²) >= 11 is 1.55. The number of thiophene rings is 1. The molecule has 33 heavy (non-hydrogen) atoms. The summed E-state index contributed by atoms with van der Waals surface area (Å²) in [6, 6.07) is 13.1. The number of amides is 1. The molecule has 3 aromatic rings. The Morgan fingerprint density at radius 3 is 2.30 bits per heavy atom. The third-order valence-corrected chi connectivity index (χ3v) is 5.70. The van der Waals surface area contributed by atoms with Crippen molar-refractivity contribution in [2.45, 2.75) is 0 Å². The van der Waals surface area contributed by atoms with E-state index in [1.165, 1.54) is 35.2 Å². The third kappa shape index (κ3) is 5.87. The van der Waals surface area contributed by atoms with Gasteiger partial charge in [0.15, 0.2) is 12.4 Å². The van der Waals surface area contributed by atoms with Gasteiger partial charge in [-0.1, -0.05) is 18.2 Å². The molecule has 170 valence electrons. The van der Waals surface area contributed by atoms with Gasteiger partial charge in [-0.05, 0) is 41.8 Å². The maximum Gasteiger partial charge on any atom is 0.335 e. The van der Waals surface area contributed by atoms with Crippen LogP contribution in [0.15, 0.2) is 60.0 Å². The van der Waals surface area contributed by atoms with E-state index in [0.29, 0.717) is 22.6 Å². The summed E-state index contributed by atoms with van der Waals surface area (Å²) in [5.41, 5.74) is 1.89. The normalized spacial score (nSPS) is 10.8. The highest BCUT2D eigenvalue weighted by molar-refractivity contribution is 7.13. The number of hydrogen-bond donors (Lipinski definition) is 1. The van der Waals surface area contributed by atoms with Crippen molar-refractivity contribution in [3.05, 3.63) is 76.7 Å². The number of ketones is 1. The first-order valence-corrected chi connectivity index (χ1v) is 10.8. The zero-order valence-electron chi connectivity index (χ0n) is 18.4. The van der Waals surface area contributed by atoms with Gasteiger partial charge in [-0.25, -0.2) is 4.79 Å². The van der Waals surface area contributed by atoms with E-state index in [1.54, 1.807) is 44.7 Å². The van der Waals surface area contributed by atoms with Crippen LogP contribution in [-0.2, 0) is 4.79 Å². The summed E-state index contributed by atoms with van der Waals surface area (Å²) in [5.74, 6) is -0.584. The van der Waals surface area contributed by atoms with Gasteiger partial charge in [0.05, 0.1) is 12.7 Å². The number of allylic oxidation sites excluding steroid dienone is 1. The van der Waals surface area contributed by atoms with Crippen LogP contribution >= 0.6 is 11.3 Å². The van der Waals surface area contributed by atoms with Crippen molar-refractivity contribution in [3.8, 4) is 21.9 Å². The molecule has 0 atom stereocenters. The summed E-state index contributed by atoms with van der Waals surface area (Å²) in [6.45, 7) is -0.167. The van der Waals surface area contributed by atoms with Crippen molar-refractivity contribution >= 4 is 35.1 Å². The molecule has 8 heteroatoms. The maximum absolute atomic E-state index is 12.6. The van der Waals surface area contributed by atoms with Crippen LogP contribution in [0.1, 0.15) is 26.3 Å². The van der Waals surface area contributed by atoms with Crippen LogP contribution in [0.25, 0.3) is 16.5 Å². The Kier molecular flexibility index (Phi) is 7.63. The van der Waals surface area contributed by atoms with Crippen molar-refractivity contribution < 1.29 is 29.0 Å². The molecule has 0 fully saturated rings. The minimum atomic E-state index is -1.06. The summed E-state index contributed by atoms with van der Waals surface area (Å²) in [7, 11) is 4.84. The van der Waals surface area contributed by atoms with Crippen molar-refractivity contribution in [2.75, 3.05) is 27.8 Å². The van der Waals surface area contributed by atoms with Gasteiger partial charge in [0.2, 0.25) is 0 Å². The van der Waals surface area contributed by atoms with Crippen molar-refractivity contribution in [1.29, 1.82) is 0 Å². The molecule has 0 saturated carbocycles. The fourth-order valence-corrected chi connectivity index (χ4v) is 3.68. The number of carboxylic acids is 1. The summed E-state index contributed by atoms with van der Waals surface area (Å²) in [4.78, 5) is 38.1. The number of carbonyl (C=O) groups is 3. The topological polar surface area (TPSA) is 93.1 Å². The fourth-order valence-electron chi connectivity index (χ4n) is 2.93. The average Bonchev–Trinajstić information content (AvgIpc) is 3.35. The number of benzene rings is 2. The van der Waals surface area contributed by atoms with Crippen LogP contribution in [0.5, 0.6) is 11.5 Å². The molecule has 1 aromatic heterocycles. The lowest BCUT2D eigenvalue weighted by Gasteiger charge is -2.16. The van der Waals surface area contributed by atoms with Crippen LogP contribution in [-0.4, -0.2) is 55.5 Å². The summed E-state index contributed by atoms with van der Waals surface area (Å²) in [5, 5.41) is 11.0. The highest BCUT2D eigenvalue weighted by Gasteiger charge is 2.15. The molecular formula is C25H23NO6S. The van der Waals surface area contributed by atoms with Crippen molar-refractivity contribution in [3.63, 3.8) is 0 Å². The monoisotopic (exact) mass is 465 g/mol. The highest BCUT2D eigenvalue weighted by atomic mass is 32.1. The predicted octanol–water partition coefficient (Wildman–Crippen LogP) is 4.49. The molecule has 0 radical (unpaired) electrons. The largest absolute Gasteiger partial charge is 0.496 e. The number of hydrogen-bond acceptors (Lipinski definition) is 6. The Morgan fingerprint density at radius 2 is 1.73 bits per heavy atom. The molecule has 1 N–H and O–H groups in total. The average molecular weight is 466 g/mol. The second-order valence-corrected chi connectivity index (χ2v) is 8.17. The van der Waals surface area contributed by atoms with Crippen LogP contribution in [0, 0.1) is 0 Å². The Hall–Kier alpha value is -3.91. The van der Waals surface area contributed by atoms with E-state index in [4.69, 9.17) is 14.6 Å². The number of carboxylic acid groups (broad SMARTS) is 1. The Labute approximate surface area is 195 Å². The Bertz CT molecular complexity index is 1180. The maximum atomic E-state index is 12.6. The third-order valence-electron chi connectivity index (χ3n) is 4.80. The van der Waals surface area contributed by atoms with Gasteiger partial charge in [0.25, 0.3) is 5.91 Å². The number of carbonyl (C=O) groups excluding carboxylic acids is 2. The lowest BCUT2D eigenvalue weighted by molar-refractivity contribution is -0.130. The molecule has 1 heterocycles. The molecule has 0 aliphatic heterocycles. The van der Waals surface area contributed by atoms with Crippen molar-refractivity contribution in [2.24, 2.45) is 0 Å². The molecule has 0 bridgehead atoms. The van der Waals surface area contributed by atoms with Crippen LogP contribution in [0.4, 0.5) is 0 Å². The number of likely N-dealkylation sites (N-methyl/N-ethyl adjacent to an activating group) is 1. The summed E-state index contributed by atoms with van der Waals surface area (Å²) < 4.78 is 11.3. The first kappa shape index (κ1) is 23.7. The molecule has 1 amide bonds. The minimum absolute atomic E-state index is 0.104. The van der Waals surface area contributed by atoms with E-state index >= 15 is 0 Å². The lowest BCUT2D eigenvalue weighted by atomic mass is 10.0. The predicted molar refractivity (Wildman–Crippen MR) is 127 cm³/mol. The van der Waals surface area contributed by atoms with E-state index in [1.807, 2.05) is 23.6 Å². The van der Waals surface area contributed by atoms with E-state index in [0.717, 1.165) is 10.4 Å². The van der Waals surface area contributed by atoms with Crippen LogP contribution in [0.3, 0.4) is 0 Å². The van der Waals surface area contributed by atoms with Gasteiger partial charge in [0, 0.05) is 41.7 Å². The molecule has 2 aromatic carbocycles. The Balaban J connectivity index is 1.95. The molecule has 0 unspecified atom stereocenters. The number of nitrogens with zero attached hydrogens (tertiary/aromatic N) is 1. The first-order valence-electron chi connectivity index (χ1n) is 9.94. The molecule has 0 aliphatic carbocycles. The second kappa shape index (κ2) is 10.6. The molecular weight excluding hydrogens is 442 g/mol. The quantitative estimate of drug-likeness (QED) is 0.370.